The molecule has 0 spiro atoms. The number of hydrogen-bond donors (Lipinski definition) is 1. The Labute approximate surface area is 120 Å². The van der Waals surface area contributed by atoms with Gasteiger partial charge in [-0.1, -0.05) is 11.6 Å². The summed E-state index contributed by atoms with van der Waals surface area (Å²) in [6.07, 6.45) is 0. The first kappa shape index (κ1) is 14.4. The van der Waals surface area contributed by atoms with E-state index >= 15 is 0 Å². The lowest BCUT2D eigenvalue weighted by atomic mass is 10.1. The van der Waals surface area contributed by atoms with Gasteiger partial charge < -0.3 is 5.32 Å². The second-order valence-corrected chi connectivity index (χ2v) is 6.00. The highest BCUT2D eigenvalue weighted by Gasteiger charge is 2.16. The van der Waals surface area contributed by atoms with Crippen LogP contribution in [0, 0.1) is 11.6 Å². The van der Waals surface area contributed by atoms with Crippen LogP contribution in [-0.2, 0) is 0 Å². The van der Waals surface area contributed by atoms with E-state index in [1.54, 1.807) is 0 Å². The summed E-state index contributed by atoms with van der Waals surface area (Å²) < 4.78 is 27.5. The fraction of sp³-hybridized carbons (Fsp3) is 0.286. The maximum absolute atomic E-state index is 13.7. The van der Waals surface area contributed by atoms with Crippen molar-refractivity contribution in [3.05, 3.63) is 56.7 Å². The Morgan fingerprint density at radius 2 is 1.89 bits per heavy atom. The minimum absolute atomic E-state index is 0.0152. The van der Waals surface area contributed by atoms with Gasteiger partial charge in [-0.2, -0.15) is 0 Å². The summed E-state index contributed by atoms with van der Waals surface area (Å²) in [5.74, 6) is -0.840. The topological polar surface area (TPSA) is 12.0 Å². The maximum atomic E-state index is 13.7. The first-order valence-corrected chi connectivity index (χ1v) is 7.18. The molecule has 0 fully saturated rings. The molecule has 0 aliphatic heterocycles. The molecule has 2 atom stereocenters. The zero-order chi connectivity index (χ0) is 14.0. The van der Waals surface area contributed by atoms with Gasteiger partial charge in [-0.05, 0) is 49.1 Å². The largest absolute Gasteiger partial charge is 0.304 e. The molecule has 0 aliphatic rings. The Hall–Kier alpha value is -0.970. The maximum Gasteiger partial charge on any atom is 0.128 e. The van der Waals surface area contributed by atoms with Crippen LogP contribution in [0.15, 0.2) is 29.6 Å². The van der Waals surface area contributed by atoms with Crippen LogP contribution in [0.4, 0.5) is 8.78 Å². The molecule has 5 heteroatoms. The molecule has 2 aromatic rings. The van der Waals surface area contributed by atoms with Gasteiger partial charge in [0.1, 0.15) is 11.6 Å². The van der Waals surface area contributed by atoms with Crippen LogP contribution in [0.1, 0.15) is 37.1 Å². The quantitative estimate of drug-likeness (QED) is 0.829. The Balaban J connectivity index is 2.12. The predicted molar refractivity (Wildman–Crippen MR) is 75.7 cm³/mol. The third-order valence-corrected chi connectivity index (χ3v) is 4.12. The van der Waals surface area contributed by atoms with Gasteiger partial charge in [0.05, 0.1) is 4.34 Å². The number of thiophene rings is 1. The molecule has 2 unspecified atom stereocenters. The summed E-state index contributed by atoms with van der Waals surface area (Å²) in [7, 11) is 0. The first-order chi connectivity index (χ1) is 8.97. The third kappa shape index (κ3) is 3.53. The van der Waals surface area contributed by atoms with Crippen molar-refractivity contribution in [1.29, 1.82) is 0 Å². The molecule has 19 heavy (non-hydrogen) atoms. The summed E-state index contributed by atoms with van der Waals surface area (Å²) >= 11 is 7.34. The second-order valence-electron chi connectivity index (χ2n) is 4.46. The molecule has 1 aromatic heterocycles. The molecule has 0 radical (unpaired) electrons. The number of halogens is 3. The van der Waals surface area contributed by atoms with E-state index in [2.05, 4.69) is 5.32 Å². The van der Waals surface area contributed by atoms with Crippen LogP contribution in [0.3, 0.4) is 0 Å². The third-order valence-electron chi connectivity index (χ3n) is 3.01. The fourth-order valence-electron chi connectivity index (χ4n) is 1.96. The van der Waals surface area contributed by atoms with Gasteiger partial charge >= 0.3 is 0 Å². The number of rotatable bonds is 4. The van der Waals surface area contributed by atoms with Gasteiger partial charge in [0.15, 0.2) is 0 Å². The van der Waals surface area contributed by atoms with Gasteiger partial charge in [-0.25, -0.2) is 8.78 Å². The Morgan fingerprint density at radius 3 is 2.53 bits per heavy atom. The second kappa shape index (κ2) is 5.99. The molecule has 1 aromatic carbocycles. The van der Waals surface area contributed by atoms with Gasteiger partial charge in [0.2, 0.25) is 0 Å². The highest BCUT2D eigenvalue weighted by atomic mass is 35.5. The minimum atomic E-state index is -0.434. The summed E-state index contributed by atoms with van der Waals surface area (Å²) in [6, 6.07) is 5.09. The lowest BCUT2D eigenvalue weighted by Crippen LogP contribution is -2.23. The molecule has 1 N–H and O–H groups in total. The molecule has 2 rings (SSSR count). The van der Waals surface area contributed by atoms with Gasteiger partial charge in [0.25, 0.3) is 0 Å². The summed E-state index contributed by atoms with van der Waals surface area (Å²) in [6.45, 7) is 3.77. The lowest BCUT2D eigenvalue weighted by molar-refractivity contribution is 0.470. The Bertz CT molecular complexity index is 570. The average Bonchev–Trinajstić information content (AvgIpc) is 2.79. The van der Waals surface area contributed by atoms with Crippen molar-refractivity contribution in [3.63, 3.8) is 0 Å². The fourth-order valence-corrected chi connectivity index (χ4v) is 2.94. The van der Waals surface area contributed by atoms with Crippen LogP contribution < -0.4 is 5.32 Å². The molecule has 0 saturated carbocycles. The smallest absolute Gasteiger partial charge is 0.128 e. The summed E-state index contributed by atoms with van der Waals surface area (Å²) in [5, 5.41) is 5.19. The SMILES string of the molecule is CC(NC(C)c1cc(F)ccc1F)c1csc(Cl)c1. The predicted octanol–water partition coefficient (Wildman–Crippen LogP) is 5.09. The molecular formula is C14H14ClF2NS. The van der Waals surface area contributed by atoms with E-state index in [0.29, 0.717) is 9.90 Å². The first-order valence-electron chi connectivity index (χ1n) is 5.92. The van der Waals surface area contributed by atoms with E-state index in [-0.39, 0.29) is 12.1 Å². The highest BCUT2D eigenvalue weighted by Crippen LogP contribution is 2.27. The zero-order valence-electron chi connectivity index (χ0n) is 10.6. The molecule has 0 amide bonds. The minimum Gasteiger partial charge on any atom is -0.304 e. The number of benzene rings is 1. The van der Waals surface area contributed by atoms with Crippen LogP contribution in [0.25, 0.3) is 0 Å². The molecular weight excluding hydrogens is 288 g/mol. The van der Waals surface area contributed by atoms with Gasteiger partial charge in [-0.3, -0.25) is 0 Å². The normalized spacial score (nSPS) is 14.4. The van der Waals surface area contributed by atoms with Crippen molar-refractivity contribution >= 4 is 22.9 Å². The van der Waals surface area contributed by atoms with E-state index in [9.17, 15) is 8.78 Å². The highest BCUT2D eigenvalue weighted by molar-refractivity contribution is 7.14. The van der Waals surface area contributed by atoms with Gasteiger partial charge in [0, 0.05) is 17.6 Å². The summed E-state index contributed by atoms with van der Waals surface area (Å²) in [5.41, 5.74) is 1.37. The van der Waals surface area contributed by atoms with Crippen molar-refractivity contribution in [3.8, 4) is 0 Å². The van der Waals surface area contributed by atoms with Crippen molar-refractivity contribution in [1.82, 2.24) is 5.32 Å². The lowest BCUT2D eigenvalue weighted by Gasteiger charge is -2.20. The Morgan fingerprint density at radius 1 is 1.16 bits per heavy atom. The monoisotopic (exact) mass is 301 g/mol. The van der Waals surface area contributed by atoms with E-state index in [1.165, 1.54) is 17.4 Å². The molecule has 0 bridgehead atoms. The number of hydrogen-bond acceptors (Lipinski definition) is 2. The van der Waals surface area contributed by atoms with E-state index in [1.807, 2.05) is 25.3 Å². The van der Waals surface area contributed by atoms with Crippen LogP contribution in [0.5, 0.6) is 0 Å². The zero-order valence-corrected chi connectivity index (χ0v) is 12.2. The van der Waals surface area contributed by atoms with Crippen LogP contribution in [-0.4, -0.2) is 0 Å². The summed E-state index contributed by atoms with van der Waals surface area (Å²) in [4.78, 5) is 0. The van der Waals surface area contributed by atoms with Crippen LogP contribution in [0.2, 0.25) is 4.34 Å². The van der Waals surface area contributed by atoms with Crippen molar-refractivity contribution in [2.24, 2.45) is 0 Å². The van der Waals surface area contributed by atoms with Gasteiger partial charge in [-0.15, -0.1) is 11.3 Å². The molecule has 1 heterocycles. The molecule has 0 aliphatic carbocycles. The number of nitrogens with one attached hydrogen (secondary N) is 1. The van der Waals surface area contributed by atoms with Crippen LogP contribution >= 0.6 is 22.9 Å². The average molecular weight is 302 g/mol. The van der Waals surface area contributed by atoms with E-state index in [4.69, 9.17) is 11.6 Å². The van der Waals surface area contributed by atoms with Crippen molar-refractivity contribution in [2.45, 2.75) is 25.9 Å². The molecule has 0 saturated heterocycles. The van der Waals surface area contributed by atoms with E-state index < -0.39 is 11.6 Å². The standard InChI is InChI=1S/C14H14ClF2NS/c1-8(10-5-14(15)19-7-10)18-9(2)12-6-11(16)3-4-13(12)17/h3-9,18H,1-2H3. The van der Waals surface area contributed by atoms with Crippen molar-refractivity contribution < 1.29 is 8.78 Å². The van der Waals surface area contributed by atoms with E-state index in [0.717, 1.165) is 17.7 Å². The Kier molecular flexibility index (Phi) is 4.55. The molecule has 1 nitrogen and oxygen atoms in total. The van der Waals surface area contributed by atoms with Crippen molar-refractivity contribution in [2.75, 3.05) is 0 Å². The molecule has 102 valence electrons.